The van der Waals surface area contributed by atoms with Crippen LogP contribution in [0.15, 0.2) is 36.0 Å². The molecule has 0 aromatic carbocycles. The summed E-state index contributed by atoms with van der Waals surface area (Å²) in [5.41, 5.74) is 0.160. The lowest BCUT2D eigenvalue weighted by atomic mass is 9.45. The van der Waals surface area contributed by atoms with Crippen molar-refractivity contribution in [2.75, 3.05) is 7.11 Å². The highest BCUT2D eigenvalue weighted by molar-refractivity contribution is 5.93. The Hall–Kier alpha value is -2.41. The van der Waals surface area contributed by atoms with Crippen LogP contribution in [0, 0.1) is 22.7 Å². The highest BCUT2D eigenvalue weighted by atomic mass is 16.7. The van der Waals surface area contributed by atoms with E-state index in [1.54, 1.807) is 19.3 Å². The van der Waals surface area contributed by atoms with Gasteiger partial charge in [-0.05, 0) is 49.5 Å². The zero-order chi connectivity index (χ0) is 25.3. The molecule has 3 aliphatic rings. The van der Waals surface area contributed by atoms with Gasteiger partial charge in [-0.25, -0.2) is 4.79 Å². The number of ether oxygens (including phenoxy) is 4. The molecule has 0 amide bonds. The quantitative estimate of drug-likeness (QED) is 0.373. The molecule has 2 fully saturated rings. The average molecular weight is 475 g/mol. The summed E-state index contributed by atoms with van der Waals surface area (Å²) in [4.78, 5) is 37.7. The lowest BCUT2D eigenvalue weighted by Gasteiger charge is -2.59. The number of hydrogen-bond donors (Lipinski definition) is 0. The molecule has 7 unspecified atom stereocenters. The number of allylic oxidation sites excluding steroid dienone is 3. The van der Waals surface area contributed by atoms with Crippen LogP contribution in [0.25, 0.3) is 0 Å². The lowest BCUT2D eigenvalue weighted by Crippen LogP contribution is -2.61. The standard InChI is InChI=1S/C27H38O7/c1-8-10-23(29)33-21-15-27-20(24(30)34-25(27)32-18(5)28)13-19(31-7)14-22(27)26(6,17(21)4)12-11-16(3)9-2/h9,11,13,17,19,21-22,25H,2,8,10,12,14-15H2,1,3-7H3. The molecule has 7 atom stereocenters. The summed E-state index contributed by atoms with van der Waals surface area (Å²) in [6.45, 7) is 13.4. The Kier molecular flexibility index (Phi) is 7.75. The van der Waals surface area contributed by atoms with Gasteiger partial charge in [0.1, 0.15) is 6.10 Å². The molecule has 7 nitrogen and oxygen atoms in total. The van der Waals surface area contributed by atoms with Crippen molar-refractivity contribution >= 4 is 17.9 Å². The number of rotatable bonds is 8. The fourth-order valence-corrected chi connectivity index (χ4v) is 6.12. The van der Waals surface area contributed by atoms with E-state index in [2.05, 4.69) is 26.5 Å². The Morgan fingerprint density at radius 3 is 2.59 bits per heavy atom. The lowest BCUT2D eigenvalue weighted by molar-refractivity contribution is -0.228. The Morgan fingerprint density at radius 2 is 2.00 bits per heavy atom. The van der Waals surface area contributed by atoms with Crippen LogP contribution in [0.5, 0.6) is 0 Å². The van der Waals surface area contributed by atoms with Crippen molar-refractivity contribution in [2.45, 2.75) is 85.2 Å². The molecule has 1 aliphatic heterocycles. The monoisotopic (exact) mass is 474 g/mol. The minimum absolute atomic E-state index is 0.0247. The van der Waals surface area contributed by atoms with Gasteiger partial charge < -0.3 is 18.9 Å². The molecule has 3 rings (SSSR count). The Morgan fingerprint density at radius 1 is 1.29 bits per heavy atom. The van der Waals surface area contributed by atoms with Crippen molar-refractivity contribution in [2.24, 2.45) is 22.7 Å². The number of methoxy groups -OCH3 is 1. The maximum Gasteiger partial charge on any atom is 0.337 e. The van der Waals surface area contributed by atoms with E-state index in [1.165, 1.54) is 6.92 Å². The first kappa shape index (κ1) is 26.2. The van der Waals surface area contributed by atoms with E-state index in [-0.39, 0.29) is 23.9 Å². The SMILES string of the molecule is C=CC(C)=CCC1(C)C(C)C(OC(=O)CCC)CC23C(=CC(OC)CC12)C(=O)OC3OC(C)=O. The molecule has 1 saturated heterocycles. The van der Waals surface area contributed by atoms with Crippen molar-refractivity contribution in [3.63, 3.8) is 0 Å². The number of carbonyl (C=O) groups excluding carboxylic acids is 3. The smallest absolute Gasteiger partial charge is 0.337 e. The number of carbonyl (C=O) groups is 3. The minimum Gasteiger partial charge on any atom is -0.462 e. The molecule has 1 spiro atoms. The van der Waals surface area contributed by atoms with Gasteiger partial charge in [0.25, 0.3) is 6.29 Å². The van der Waals surface area contributed by atoms with Gasteiger partial charge in [0, 0.05) is 32.4 Å². The van der Waals surface area contributed by atoms with E-state index in [1.807, 2.05) is 13.8 Å². The summed E-state index contributed by atoms with van der Waals surface area (Å²) < 4.78 is 23.0. The van der Waals surface area contributed by atoms with Crippen molar-refractivity contribution < 1.29 is 33.3 Å². The van der Waals surface area contributed by atoms with Gasteiger partial charge in [0.05, 0.1) is 11.5 Å². The topological polar surface area (TPSA) is 88.1 Å². The van der Waals surface area contributed by atoms with E-state index in [0.29, 0.717) is 37.7 Å². The highest BCUT2D eigenvalue weighted by Gasteiger charge is 2.70. The molecule has 188 valence electrons. The van der Waals surface area contributed by atoms with Gasteiger partial charge in [-0.3, -0.25) is 9.59 Å². The van der Waals surface area contributed by atoms with Crippen molar-refractivity contribution in [1.29, 1.82) is 0 Å². The molecular formula is C27H38O7. The normalized spacial score (nSPS) is 37.1. The molecule has 0 aromatic heterocycles. The van der Waals surface area contributed by atoms with Crippen LogP contribution >= 0.6 is 0 Å². The van der Waals surface area contributed by atoms with Crippen LogP contribution in [-0.2, 0) is 33.3 Å². The van der Waals surface area contributed by atoms with Gasteiger partial charge >= 0.3 is 17.9 Å². The Balaban J connectivity index is 2.19. The van der Waals surface area contributed by atoms with Crippen molar-refractivity contribution in [3.05, 3.63) is 36.0 Å². The zero-order valence-corrected chi connectivity index (χ0v) is 21.2. The van der Waals surface area contributed by atoms with Gasteiger partial charge in [-0.1, -0.05) is 45.1 Å². The largest absolute Gasteiger partial charge is 0.462 e. The molecule has 34 heavy (non-hydrogen) atoms. The maximum absolute atomic E-state index is 13.1. The van der Waals surface area contributed by atoms with Gasteiger partial charge in [0.15, 0.2) is 0 Å². The highest BCUT2D eigenvalue weighted by Crippen LogP contribution is 2.66. The van der Waals surface area contributed by atoms with Crippen LogP contribution in [0.1, 0.15) is 66.7 Å². The molecular weight excluding hydrogens is 436 g/mol. The first-order chi connectivity index (χ1) is 16.0. The third-order valence-corrected chi connectivity index (χ3v) is 8.23. The summed E-state index contributed by atoms with van der Waals surface area (Å²) in [5.74, 6) is -1.44. The molecule has 1 saturated carbocycles. The van der Waals surface area contributed by atoms with Gasteiger partial charge in [-0.15, -0.1) is 0 Å². The number of esters is 3. The van der Waals surface area contributed by atoms with Crippen molar-refractivity contribution in [3.8, 4) is 0 Å². The van der Waals surface area contributed by atoms with Crippen LogP contribution in [0.4, 0.5) is 0 Å². The molecule has 2 aliphatic carbocycles. The van der Waals surface area contributed by atoms with Gasteiger partial charge in [-0.2, -0.15) is 0 Å². The van der Waals surface area contributed by atoms with E-state index >= 15 is 0 Å². The fourth-order valence-electron chi connectivity index (χ4n) is 6.12. The average Bonchev–Trinajstić information content (AvgIpc) is 3.05. The Bertz CT molecular complexity index is 903. The number of hydrogen-bond acceptors (Lipinski definition) is 7. The van der Waals surface area contributed by atoms with E-state index in [0.717, 1.165) is 5.57 Å². The second-order valence-corrected chi connectivity index (χ2v) is 10.2. The van der Waals surface area contributed by atoms with E-state index in [4.69, 9.17) is 18.9 Å². The second-order valence-electron chi connectivity index (χ2n) is 10.2. The molecule has 1 heterocycles. The van der Waals surface area contributed by atoms with E-state index < -0.39 is 35.2 Å². The van der Waals surface area contributed by atoms with Gasteiger partial charge in [0.2, 0.25) is 0 Å². The number of cyclic esters (lactones) is 1. The summed E-state index contributed by atoms with van der Waals surface area (Å²) in [6, 6.07) is 0. The molecule has 0 N–H and O–H groups in total. The van der Waals surface area contributed by atoms with E-state index in [9.17, 15) is 14.4 Å². The molecule has 0 aromatic rings. The zero-order valence-electron chi connectivity index (χ0n) is 21.2. The molecule has 0 radical (unpaired) electrons. The summed E-state index contributed by atoms with van der Waals surface area (Å²) in [6.07, 6.45) is 6.58. The third kappa shape index (κ3) is 4.47. The predicted octanol–water partition coefficient (Wildman–Crippen LogP) is 4.66. The first-order valence-electron chi connectivity index (χ1n) is 12.1. The molecule has 7 heteroatoms. The second kappa shape index (κ2) is 10.1. The van der Waals surface area contributed by atoms with Crippen LogP contribution in [0.2, 0.25) is 0 Å². The predicted molar refractivity (Wildman–Crippen MR) is 126 cm³/mol. The summed E-state index contributed by atoms with van der Waals surface area (Å²) in [7, 11) is 1.62. The Labute approximate surface area is 202 Å². The van der Waals surface area contributed by atoms with Crippen molar-refractivity contribution in [1.82, 2.24) is 0 Å². The van der Waals surface area contributed by atoms with Crippen LogP contribution < -0.4 is 0 Å². The minimum atomic E-state index is -1.07. The van der Waals surface area contributed by atoms with Crippen LogP contribution in [-0.4, -0.2) is 43.5 Å². The first-order valence-corrected chi connectivity index (χ1v) is 12.1. The maximum atomic E-state index is 13.1. The van der Waals surface area contributed by atoms with Crippen LogP contribution in [0.3, 0.4) is 0 Å². The molecule has 0 bridgehead atoms. The summed E-state index contributed by atoms with van der Waals surface area (Å²) >= 11 is 0. The summed E-state index contributed by atoms with van der Waals surface area (Å²) in [5, 5.41) is 0. The third-order valence-electron chi connectivity index (χ3n) is 8.23. The fraction of sp³-hybridized carbons (Fsp3) is 0.667.